The molecule has 4 nitrogen and oxygen atoms in total. The summed E-state index contributed by atoms with van der Waals surface area (Å²) in [5.41, 5.74) is 0.981. The van der Waals surface area contributed by atoms with Gasteiger partial charge in [0.2, 0.25) is 0 Å². The van der Waals surface area contributed by atoms with E-state index in [1.807, 2.05) is 44.2 Å². The fourth-order valence-corrected chi connectivity index (χ4v) is 1.56. The van der Waals surface area contributed by atoms with Gasteiger partial charge in [0.1, 0.15) is 5.75 Å². The number of carbonyl (C=O) groups excluding carboxylic acids is 1. The second kappa shape index (κ2) is 7.37. The first kappa shape index (κ1) is 14.1. The van der Waals surface area contributed by atoms with E-state index >= 15 is 0 Å². The summed E-state index contributed by atoms with van der Waals surface area (Å²) >= 11 is 0. The highest BCUT2D eigenvalue weighted by atomic mass is 16.5. The van der Waals surface area contributed by atoms with Crippen molar-refractivity contribution < 1.29 is 9.53 Å². The van der Waals surface area contributed by atoms with Crippen LogP contribution in [0.15, 0.2) is 30.5 Å². The molecule has 1 aromatic carbocycles. The van der Waals surface area contributed by atoms with Crippen LogP contribution in [0.25, 0.3) is 6.08 Å². The molecule has 1 rings (SSSR count). The molecule has 4 heteroatoms. The van der Waals surface area contributed by atoms with Gasteiger partial charge in [-0.2, -0.15) is 0 Å². The van der Waals surface area contributed by atoms with Crippen LogP contribution in [0.2, 0.25) is 0 Å². The molecule has 1 aromatic rings. The van der Waals surface area contributed by atoms with E-state index in [4.69, 9.17) is 4.74 Å². The quantitative estimate of drug-likeness (QED) is 0.870. The number of carbonyl (C=O) groups is 1. The van der Waals surface area contributed by atoms with E-state index < -0.39 is 0 Å². The Morgan fingerprint density at radius 1 is 1.39 bits per heavy atom. The molecule has 0 aliphatic carbocycles. The Balaban J connectivity index is 2.56. The highest BCUT2D eigenvalue weighted by Crippen LogP contribution is 2.13. The number of rotatable bonds is 5. The first-order valence-electron chi connectivity index (χ1n) is 6.07. The summed E-state index contributed by atoms with van der Waals surface area (Å²) in [6, 6.07) is 7.55. The summed E-state index contributed by atoms with van der Waals surface area (Å²) in [7, 11) is 1.63. The number of benzene rings is 1. The van der Waals surface area contributed by atoms with Crippen molar-refractivity contribution in [3.63, 3.8) is 0 Å². The fraction of sp³-hybridized carbons (Fsp3) is 0.357. The molecule has 0 saturated heterocycles. The maximum absolute atomic E-state index is 11.7. The summed E-state index contributed by atoms with van der Waals surface area (Å²) in [6.07, 6.45) is 3.49. The minimum atomic E-state index is -0.0841. The van der Waals surface area contributed by atoms with Gasteiger partial charge in [-0.25, -0.2) is 4.79 Å². The molecule has 0 unspecified atom stereocenters. The second-order valence-corrected chi connectivity index (χ2v) is 3.73. The molecular formula is C14H20N2O2. The van der Waals surface area contributed by atoms with Crippen LogP contribution in [-0.2, 0) is 0 Å². The molecular weight excluding hydrogens is 228 g/mol. The third-order valence-corrected chi connectivity index (χ3v) is 2.63. The van der Waals surface area contributed by atoms with Gasteiger partial charge < -0.3 is 15.0 Å². The van der Waals surface area contributed by atoms with E-state index in [1.54, 1.807) is 18.2 Å². The summed E-state index contributed by atoms with van der Waals surface area (Å²) < 4.78 is 5.13. The molecule has 98 valence electrons. The zero-order chi connectivity index (χ0) is 13.4. The van der Waals surface area contributed by atoms with Crippen LogP contribution >= 0.6 is 0 Å². The van der Waals surface area contributed by atoms with E-state index in [0.717, 1.165) is 11.3 Å². The number of amides is 2. The summed E-state index contributed by atoms with van der Waals surface area (Å²) in [6.45, 7) is 5.31. The van der Waals surface area contributed by atoms with Crippen LogP contribution in [0, 0.1) is 0 Å². The minimum Gasteiger partial charge on any atom is -0.497 e. The first-order valence-corrected chi connectivity index (χ1v) is 6.07. The average Bonchev–Trinajstić information content (AvgIpc) is 2.40. The lowest BCUT2D eigenvalue weighted by Crippen LogP contribution is -2.37. The normalized spacial score (nSPS) is 10.4. The molecule has 0 radical (unpaired) electrons. The van der Waals surface area contributed by atoms with Gasteiger partial charge in [-0.05, 0) is 37.6 Å². The molecule has 0 fully saturated rings. The number of ether oxygens (including phenoxy) is 1. The van der Waals surface area contributed by atoms with Crippen molar-refractivity contribution in [3.8, 4) is 5.75 Å². The first-order chi connectivity index (χ1) is 8.71. The zero-order valence-electron chi connectivity index (χ0n) is 11.1. The summed E-state index contributed by atoms with van der Waals surface area (Å²) in [5, 5.41) is 2.74. The maximum Gasteiger partial charge on any atom is 0.321 e. The van der Waals surface area contributed by atoms with Crippen LogP contribution in [0.4, 0.5) is 4.79 Å². The lowest BCUT2D eigenvalue weighted by Gasteiger charge is -2.17. The molecule has 18 heavy (non-hydrogen) atoms. The molecule has 0 bridgehead atoms. The largest absolute Gasteiger partial charge is 0.497 e. The number of hydrogen-bond acceptors (Lipinski definition) is 2. The predicted molar refractivity (Wildman–Crippen MR) is 73.5 cm³/mol. The van der Waals surface area contributed by atoms with Gasteiger partial charge in [0.25, 0.3) is 0 Å². The van der Waals surface area contributed by atoms with Gasteiger partial charge in [0, 0.05) is 19.3 Å². The van der Waals surface area contributed by atoms with Crippen molar-refractivity contribution in [1.29, 1.82) is 0 Å². The highest BCUT2D eigenvalue weighted by Gasteiger charge is 2.05. The van der Waals surface area contributed by atoms with Crippen LogP contribution in [0.1, 0.15) is 19.4 Å². The Labute approximate surface area is 108 Å². The van der Waals surface area contributed by atoms with Gasteiger partial charge >= 0.3 is 6.03 Å². The molecule has 0 spiro atoms. The lowest BCUT2D eigenvalue weighted by atomic mass is 10.2. The van der Waals surface area contributed by atoms with E-state index in [0.29, 0.717) is 13.1 Å². The molecule has 0 atom stereocenters. The SMILES string of the molecule is CCN(CC)C(=O)N/C=C/c1cccc(OC)c1. The molecule has 0 aliphatic heterocycles. The Morgan fingerprint density at radius 3 is 2.72 bits per heavy atom. The Bertz CT molecular complexity index is 412. The lowest BCUT2D eigenvalue weighted by molar-refractivity contribution is 0.207. The van der Waals surface area contributed by atoms with Crippen molar-refractivity contribution >= 4 is 12.1 Å². The van der Waals surface area contributed by atoms with Gasteiger partial charge in [0.15, 0.2) is 0 Å². The standard InChI is InChI=1S/C14H20N2O2/c1-4-16(5-2)14(17)15-10-9-12-7-6-8-13(11-12)18-3/h6-11H,4-5H2,1-3H3,(H,15,17)/b10-9+. The second-order valence-electron chi connectivity index (χ2n) is 3.73. The van der Waals surface area contributed by atoms with Crippen LogP contribution in [0.3, 0.4) is 0 Å². The van der Waals surface area contributed by atoms with Gasteiger partial charge in [0.05, 0.1) is 7.11 Å². The Morgan fingerprint density at radius 2 is 2.11 bits per heavy atom. The van der Waals surface area contributed by atoms with Gasteiger partial charge in [-0.15, -0.1) is 0 Å². The molecule has 0 saturated carbocycles. The van der Waals surface area contributed by atoms with E-state index in [1.165, 1.54) is 0 Å². The highest BCUT2D eigenvalue weighted by molar-refractivity contribution is 5.76. The molecule has 2 amide bonds. The molecule has 0 aromatic heterocycles. The zero-order valence-corrected chi connectivity index (χ0v) is 11.1. The van der Waals surface area contributed by atoms with Crippen molar-refractivity contribution in [1.82, 2.24) is 10.2 Å². The van der Waals surface area contributed by atoms with E-state index in [2.05, 4.69) is 5.32 Å². The fourth-order valence-electron chi connectivity index (χ4n) is 1.56. The van der Waals surface area contributed by atoms with Crippen molar-refractivity contribution in [3.05, 3.63) is 36.0 Å². The Kier molecular flexibility index (Phi) is 5.77. The molecule has 0 heterocycles. The Hall–Kier alpha value is -1.97. The van der Waals surface area contributed by atoms with Crippen LogP contribution < -0.4 is 10.1 Å². The number of hydrogen-bond donors (Lipinski definition) is 1. The van der Waals surface area contributed by atoms with Crippen molar-refractivity contribution in [2.24, 2.45) is 0 Å². The van der Waals surface area contributed by atoms with Gasteiger partial charge in [-0.3, -0.25) is 0 Å². The average molecular weight is 248 g/mol. The minimum absolute atomic E-state index is 0.0841. The van der Waals surface area contributed by atoms with E-state index in [-0.39, 0.29) is 6.03 Å². The third kappa shape index (κ3) is 4.13. The van der Waals surface area contributed by atoms with Crippen LogP contribution in [-0.4, -0.2) is 31.1 Å². The van der Waals surface area contributed by atoms with Crippen LogP contribution in [0.5, 0.6) is 5.75 Å². The number of methoxy groups -OCH3 is 1. The predicted octanol–water partition coefficient (Wildman–Crippen LogP) is 2.72. The topological polar surface area (TPSA) is 41.6 Å². The van der Waals surface area contributed by atoms with E-state index in [9.17, 15) is 4.79 Å². The monoisotopic (exact) mass is 248 g/mol. The summed E-state index contributed by atoms with van der Waals surface area (Å²) in [5.74, 6) is 0.798. The summed E-state index contributed by atoms with van der Waals surface area (Å²) in [4.78, 5) is 13.4. The number of urea groups is 1. The maximum atomic E-state index is 11.7. The van der Waals surface area contributed by atoms with Crippen molar-refractivity contribution in [2.45, 2.75) is 13.8 Å². The van der Waals surface area contributed by atoms with Gasteiger partial charge in [-0.1, -0.05) is 12.1 Å². The van der Waals surface area contributed by atoms with Crippen molar-refractivity contribution in [2.75, 3.05) is 20.2 Å². The number of nitrogens with one attached hydrogen (secondary N) is 1. The smallest absolute Gasteiger partial charge is 0.321 e. The molecule has 0 aliphatic rings. The number of nitrogens with zero attached hydrogens (tertiary/aromatic N) is 1. The molecule has 1 N–H and O–H groups in total. The third-order valence-electron chi connectivity index (χ3n) is 2.63.